The molecule has 2 atom stereocenters. The number of hydrogen-bond donors (Lipinski definition) is 1. The van der Waals surface area contributed by atoms with Gasteiger partial charge in [-0.25, -0.2) is 0 Å². The molecule has 1 aliphatic carbocycles. The van der Waals surface area contributed by atoms with Crippen LogP contribution < -0.4 is 5.32 Å². The van der Waals surface area contributed by atoms with E-state index in [1.54, 1.807) is 0 Å². The van der Waals surface area contributed by atoms with E-state index in [4.69, 9.17) is 4.74 Å². The number of ether oxygens (including phenoxy) is 1. The minimum atomic E-state index is -0.0218. The molecule has 1 N–H and O–H groups in total. The first-order valence-electron chi connectivity index (χ1n) is 8.30. The summed E-state index contributed by atoms with van der Waals surface area (Å²) in [6.45, 7) is 10.6. The summed E-state index contributed by atoms with van der Waals surface area (Å²) in [6.07, 6.45) is 2.44. The maximum absolute atomic E-state index is 5.89. The van der Waals surface area contributed by atoms with E-state index in [-0.39, 0.29) is 5.60 Å². The van der Waals surface area contributed by atoms with Crippen LogP contribution >= 0.6 is 0 Å². The van der Waals surface area contributed by atoms with Crippen LogP contribution in [0.1, 0.15) is 44.4 Å². The van der Waals surface area contributed by atoms with E-state index in [0.29, 0.717) is 12.1 Å². The van der Waals surface area contributed by atoms with Crippen molar-refractivity contribution in [3.05, 3.63) is 35.4 Å². The molecule has 3 heteroatoms. The smallest absolute Gasteiger partial charge is 0.0753 e. The lowest BCUT2D eigenvalue weighted by molar-refractivity contribution is -0.102. The summed E-state index contributed by atoms with van der Waals surface area (Å²) < 4.78 is 5.89. The Kier molecular flexibility index (Phi) is 4.34. The molecule has 21 heavy (non-hydrogen) atoms. The molecule has 0 bridgehead atoms. The molecule has 1 aromatic carbocycles. The zero-order valence-electron chi connectivity index (χ0n) is 13.6. The Hall–Kier alpha value is -0.900. The minimum absolute atomic E-state index is 0.0218. The zero-order valence-corrected chi connectivity index (χ0v) is 13.6. The molecule has 0 aromatic heterocycles. The fourth-order valence-corrected chi connectivity index (χ4v) is 3.94. The summed E-state index contributed by atoms with van der Waals surface area (Å²) in [7, 11) is 0. The van der Waals surface area contributed by atoms with E-state index in [0.717, 1.165) is 26.2 Å². The van der Waals surface area contributed by atoms with E-state index >= 15 is 0 Å². The van der Waals surface area contributed by atoms with Gasteiger partial charge in [0, 0.05) is 25.2 Å². The highest BCUT2D eigenvalue weighted by Crippen LogP contribution is 2.34. The van der Waals surface area contributed by atoms with Crippen molar-refractivity contribution >= 4 is 0 Å². The molecule has 0 spiro atoms. The Morgan fingerprint density at radius 1 is 1.33 bits per heavy atom. The lowest BCUT2D eigenvalue weighted by atomic mass is 9.82. The van der Waals surface area contributed by atoms with Crippen molar-refractivity contribution < 1.29 is 4.74 Å². The molecule has 1 heterocycles. The Balaban J connectivity index is 1.85. The predicted octanol–water partition coefficient (Wildman–Crippen LogP) is 2.76. The van der Waals surface area contributed by atoms with Crippen molar-refractivity contribution in [2.75, 3.05) is 26.2 Å². The monoisotopic (exact) mass is 288 g/mol. The molecule has 1 aliphatic heterocycles. The second-order valence-corrected chi connectivity index (χ2v) is 6.92. The number of aryl methyl sites for hydroxylation is 1. The molecule has 3 rings (SSSR count). The van der Waals surface area contributed by atoms with Crippen LogP contribution in [-0.2, 0) is 11.2 Å². The molecular formula is C18H28N2O. The van der Waals surface area contributed by atoms with Gasteiger partial charge in [0.2, 0.25) is 0 Å². The summed E-state index contributed by atoms with van der Waals surface area (Å²) in [5, 5.41) is 3.73. The number of likely N-dealkylation sites (N-methyl/N-ethyl adjacent to an activating group) is 1. The number of nitrogens with zero attached hydrogens (tertiary/aromatic N) is 1. The molecule has 0 radical (unpaired) electrons. The number of morpholine rings is 1. The maximum Gasteiger partial charge on any atom is 0.0753 e. The van der Waals surface area contributed by atoms with Gasteiger partial charge in [0.15, 0.2) is 0 Å². The molecule has 0 saturated carbocycles. The second-order valence-electron chi connectivity index (χ2n) is 6.92. The summed E-state index contributed by atoms with van der Waals surface area (Å²) in [4.78, 5) is 2.65. The molecule has 116 valence electrons. The van der Waals surface area contributed by atoms with Crippen LogP contribution in [-0.4, -0.2) is 42.8 Å². The lowest BCUT2D eigenvalue weighted by Gasteiger charge is -2.47. The number of fused-ring (bicyclic) bond motifs is 1. The Labute approximate surface area is 128 Å². The summed E-state index contributed by atoms with van der Waals surface area (Å²) in [6, 6.07) is 9.98. The predicted molar refractivity (Wildman–Crippen MR) is 86.6 cm³/mol. The molecule has 1 saturated heterocycles. The van der Waals surface area contributed by atoms with Crippen molar-refractivity contribution in [1.82, 2.24) is 10.2 Å². The van der Waals surface area contributed by atoms with Gasteiger partial charge in [-0.1, -0.05) is 31.2 Å². The SMILES string of the molecule is CCNC1c2ccccc2CCC1N1CCOC(C)(C)C1. The topological polar surface area (TPSA) is 24.5 Å². The number of rotatable bonds is 3. The number of nitrogens with one attached hydrogen (secondary N) is 1. The van der Waals surface area contributed by atoms with Crippen molar-refractivity contribution in [2.45, 2.75) is 51.3 Å². The van der Waals surface area contributed by atoms with Gasteiger partial charge >= 0.3 is 0 Å². The molecule has 0 amide bonds. The third-order valence-corrected chi connectivity index (χ3v) is 4.83. The van der Waals surface area contributed by atoms with Gasteiger partial charge in [-0.2, -0.15) is 0 Å². The zero-order chi connectivity index (χ0) is 14.9. The Morgan fingerprint density at radius 2 is 2.14 bits per heavy atom. The molecule has 2 aliphatic rings. The van der Waals surface area contributed by atoms with Crippen LogP contribution in [0.15, 0.2) is 24.3 Å². The molecule has 3 nitrogen and oxygen atoms in total. The normalized spacial score (nSPS) is 29.1. The van der Waals surface area contributed by atoms with Gasteiger partial charge in [-0.05, 0) is 44.4 Å². The van der Waals surface area contributed by atoms with E-state index in [1.165, 1.54) is 24.0 Å². The van der Waals surface area contributed by atoms with Crippen molar-refractivity contribution in [2.24, 2.45) is 0 Å². The van der Waals surface area contributed by atoms with Crippen LogP contribution in [0.3, 0.4) is 0 Å². The van der Waals surface area contributed by atoms with Crippen LogP contribution in [0.5, 0.6) is 0 Å². The van der Waals surface area contributed by atoms with Crippen molar-refractivity contribution in [1.29, 1.82) is 0 Å². The largest absolute Gasteiger partial charge is 0.373 e. The first-order chi connectivity index (χ1) is 10.1. The first-order valence-corrected chi connectivity index (χ1v) is 8.30. The number of benzene rings is 1. The van der Waals surface area contributed by atoms with Crippen molar-refractivity contribution in [3.8, 4) is 0 Å². The highest BCUT2D eigenvalue weighted by atomic mass is 16.5. The van der Waals surface area contributed by atoms with E-state index < -0.39 is 0 Å². The standard InChI is InChI=1S/C18H28N2O/c1-4-19-17-15-8-6-5-7-14(15)9-10-16(17)20-11-12-21-18(2,3)13-20/h5-8,16-17,19H,4,9-13H2,1-3H3. The average molecular weight is 288 g/mol. The van der Waals surface area contributed by atoms with Crippen molar-refractivity contribution in [3.63, 3.8) is 0 Å². The number of hydrogen-bond acceptors (Lipinski definition) is 3. The Morgan fingerprint density at radius 3 is 2.90 bits per heavy atom. The summed E-state index contributed by atoms with van der Waals surface area (Å²) in [5.74, 6) is 0. The van der Waals surface area contributed by atoms with Crippen LogP contribution in [0, 0.1) is 0 Å². The molecule has 2 unspecified atom stereocenters. The maximum atomic E-state index is 5.89. The summed E-state index contributed by atoms with van der Waals surface area (Å²) in [5.41, 5.74) is 3.00. The average Bonchev–Trinajstić information content (AvgIpc) is 2.47. The second kappa shape index (κ2) is 6.07. The quantitative estimate of drug-likeness (QED) is 0.925. The highest BCUT2D eigenvalue weighted by molar-refractivity contribution is 5.34. The first kappa shape index (κ1) is 15.0. The minimum Gasteiger partial charge on any atom is -0.373 e. The third-order valence-electron chi connectivity index (χ3n) is 4.83. The molecular weight excluding hydrogens is 260 g/mol. The summed E-state index contributed by atoms with van der Waals surface area (Å²) >= 11 is 0. The van der Waals surface area contributed by atoms with Gasteiger partial charge in [-0.15, -0.1) is 0 Å². The Bertz CT molecular complexity index is 486. The van der Waals surface area contributed by atoms with Gasteiger partial charge in [-0.3, -0.25) is 4.90 Å². The molecule has 1 fully saturated rings. The fraction of sp³-hybridized carbons (Fsp3) is 0.667. The van der Waals surface area contributed by atoms with Crippen LogP contribution in [0.4, 0.5) is 0 Å². The fourth-order valence-electron chi connectivity index (χ4n) is 3.94. The van der Waals surface area contributed by atoms with E-state index in [9.17, 15) is 0 Å². The highest BCUT2D eigenvalue weighted by Gasteiger charge is 2.37. The van der Waals surface area contributed by atoms with E-state index in [2.05, 4.69) is 55.3 Å². The third kappa shape index (κ3) is 3.15. The lowest BCUT2D eigenvalue weighted by Crippen LogP contribution is -2.56. The van der Waals surface area contributed by atoms with Crippen LogP contribution in [0.25, 0.3) is 0 Å². The van der Waals surface area contributed by atoms with Crippen LogP contribution in [0.2, 0.25) is 0 Å². The van der Waals surface area contributed by atoms with Gasteiger partial charge in [0.1, 0.15) is 0 Å². The van der Waals surface area contributed by atoms with E-state index in [1.807, 2.05) is 0 Å². The van der Waals surface area contributed by atoms with Gasteiger partial charge in [0.25, 0.3) is 0 Å². The van der Waals surface area contributed by atoms with Gasteiger partial charge in [0.05, 0.1) is 12.2 Å². The van der Waals surface area contributed by atoms with Gasteiger partial charge < -0.3 is 10.1 Å². The molecule has 1 aromatic rings.